The van der Waals surface area contributed by atoms with Crippen molar-refractivity contribution < 1.29 is 52.5 Å². The van der Waals surface area contributed by atoms with Gasteiger partial charge in [-0.1, -0.05) is 27.0 Å². The van der Waals surface area contributed by atoms with Gasteiger partial charge in [0.15, 0.2) is 5.79 Å². The first-order valence-corrected chi connectivity index (χ1v) is 20.5. The fraction of sp³-hybridized carbons (Fsp3) is 0.878. The highest BCUT2D eigenvalue weighted by Gasteiger charge is 2.68. The van der Waals surface area contributed by atoms with Crippen LogP contribution in [0.25, 0.3) is 0 Å². The molecule has 19 atom stereocenters. The molecule has 0 radical (unpaired) electrons. The van der Waals surface area contributed by atoms with Crippen molar-refractivity contribution in [2.75, 3.05) is 7.11 Å². The second kappa shape index (κ2) is 14.4. The molecular formula is C41H60O11. The summed E-state index contributed by atoms with van der Waals surface area (Å²) in [5.41, 5.74) is 2.23. The highest BCUT2D eigenvalue weighted by atomic mass is 16.8. The Morgan fingerprint density at radius 2 is 1.54 bits per heavy atom. The number of hydrogen-bond acceptors (Lipinski definition) is 11. The molecule has 10 rings (SSSR count). The van der Waals surface area contributed by atoms with Gasteiger partial charge in [0, 0.05) is 51.6 Å². The summed E-state index contributed by atoms with van der Waals surface area (Å²) in [4.78, 5) is 14.1. The Kier molecular flexibility index (Phi) is 10.0. The zero-order valence-corrected chi connectivity index (χ0v) is 31.2. The largest absolute Gasteiger partial charge is 0.393 e. The second-order valence-corrected chi connectivity index (χ2v) is 17.6. The number of methoxy groups -OCH3 is 1. The van der Waals surface area contributed by atoms with Gasteiger partial charge in [-0.2, -0.15) is 0 Å². The third-order valence-electron chi connectivity index (χ3n) is 14.2. The van der Waals surface area contributed by atoms with Crippen LogP contribution >= 0.6 is 0 Å². The van der Waals surface area contributed by atoms with E-state index in [0.717, 1.165) is 56.1 Å². The molecule has 11 heteroatoms. The third-order valence-corrected chi connectivity index (χ3v) is 14.2. The van der Waals surface area contributed by atoms with Crippen LogP contribution in [0.3, 0.4) is 0 Å². The zero-order chi connectivity index (χ0) is 35.9. The Hall–Kier alpha value is -1.25. The number of Topliss-reactive ketones (excluding diaryl/α,β-unsaturated/α-hetero) is 1. The first-order valence-electron chi connectivity index (χ1n) is 20.5. The molecule has 290 valence electrons. The van der Waals surface area contributed by atoms with Gasteiger partial charge in [-0.15, -0.1) is 0 Å². The van der Waals surface area contributed by atoms with Crippen LogP contribution in [-0.2, 0) is 47.4 Å². The van der Waals surface area contributed by atoms with Crippen LogP contribution < -0.4 is 0 Å². The van der Waals surface area contributed by atoms with Gasteiger partial charge in [-0.25, -0.2) is 0 Å². The van der Waals surface area contributed by atoms with Gasteiger partial charge in [0.1, 0.15) is 36.3 Å². The lowest BCUT2D eigenvalue weighted by atomic mass is 9.81. The van der Waals surface area contributed by atoms with E-state index in [1.54, 1.807) is 7.11 Å². The third kappa shape index (κ3) is 6.60. The molecule has 12 bridgehead atoms. The van der Waals surface area contributed by atoms with Crippen LogP contribution in [0, 0.1) is 11.8 Å². The molecule has 0 aromatic carbocycles. The number of carbonyl (C=O) groups excluding carboxylic acids is 1. The molecular weight excluding hydrogens is 668 g/mol. The molecule has 0 aromatic rings. The summed E-state index contributed by atoms with van der Waals surface area (Å²) in [7, 11) is 1.69. The van der Waals surface area contributed by atoms with Crippen LogP contribution in [0.1, 0.15) is 104 Å². The summed E-state index contributed by atoms with van der Waals surface area (Å²) in [6.45, 7) is 13.1. The van der Waals surface area contributed by atoms with Gasteiger partial charge in [0.2, 0.25) is 0 Å². The maximum Gasteiger partial charge on any atom is 0.172 e. The molecule has 0 saturated carbocycles. The lowest BCUT2D eigenvalue weighted by Gasteiger charge is -2.47. The first kappa shape index (κ1) is 36.4. The van der Waals surface area contributed by atoms with Gasteiger partial charge in [-0.05, 0) is 68.4 Å². The van der Waals surface area contributed by atoms with Crippen LogP contribution in [0.5, 0.6) is 0 Å². The van der Waals surface area contributed by atoms with E-state index in [-0.39, 0.29) is 103 Å². The lowest BCUT2D eigenvalue weighted by Crippen LogP contribution is -2.61. The summed E-state index contributed by atoms with van der Waals surface area (Å²) in [6, 6.07) is 0. The molecule has 19 unspecified atom stereocenters. The van der Waals surface area contributed by atoms with Gasteiger partial charge >= 0.3 is 0 Å². The summed E-state index contributed by atoms with van der Waals surface area (Å²) in [6.07, 6.45) is 6.32. The number of carbonyl (C=O) groups is 1. The second-order valence-electron chi connectivity index (χ2n) is 17.6. The maximum atomic E-state index is 14.1. The van der Waals surface area contributed by atoms with E-state index in [2.05, 4.69) is 20.1 Å². The Bertz CT molecular complexity index is 1370. The molecule has 10 aliphatic heterocycles. The van der Waals surface area contributed by atoms with E-state index < -0.39 is 11.9 Å². The predicted molar refractivity (Wildman–Crippen MR) is 187 cm³/mol. The summed E-state index contributed by atoms with van der Waals surface area (Å²) >= 11 is 0. The molecule has 0 amide bonds. The van der Waals surface area contributed by atoms with Crippen molar-refractivity contribution >= 4 is 5.78 Å². The molecule has 10 saturated heterocycles. The van der Waals surface area contributed by atoms with Gasteiger partial charge < -0.3 is 47.7 Å². The number of ether oxygens (including phenoxy) is 9. The van der Waals surface area contributed by atoms with Crippen molar-refractivity contribution in [1.29, 1.82) is 0 Å². The maximum absolute atomic E-state index is 14.1. The average molecular weight is 729 g/mol. The molecule has 10 heterocycles. The van der Waals surface area contributed by atoms with Crippen molar-refractivity contribution in [2.24, 2.45) is 11.8 Å². The Labute approximate surface area is 308 Å². The molecule has 1 N–H and O–H groups in total. The molecule has 10 fully saturated rings. The van der Waals surface area contributed by atoms with Crippen LogP contribution in [0.15, 0.2) is 24.3 Å². The van der Waals surface area contributed by atoms with E-state index in [1.807, 2.05) is 6.92 Å². The predicted octanol–water partition coefficient (Wildman–Crippen LogP) is 4.89. The fourth-order valence-corrected chi connectivity index (χ4v) is 11.4. The minimum absolute atomic E-state index is 0.00556. The number of rotatable bonds is 4. The Morgan fingerprint density at radius 1 is 0.788 bits per heavy atom. The zero-order valence-electron chi connectivity index (χ0n) is 31.2. The van der Waals surface area contributed by atoms with Crippen molar-refractivity contribution in [3.63, 3.8) is 0 Å². The Balaban J connectivity index is 0.994. The van der Waals surface area contributed by atoms with E-state index in [1.165, 1.54) is 0 Å². The fourth-order valence-electron chi connectivity index (χ4n) is 11.4. The summed E-state index contributed by atoms with van der Waals surface area (Å²) in [5.74, 6) is -0.530. The van der Waals surface area contributed by atoms with Crippen molar-refractivity contribution in [1.82, 2.24) is 0 Å². The van der Waals surface area contributed by atoms with Crippen LogP contribution in [0.2, 0.25) is 0 Å². The van der Waals surface area contributed by atoms with Gasteiger partial charge in [0.25, 0.3) is 0 Å². The van der Waals surface area contributed by atoms with E-state index in [4.69, 9.17) is 42.6 Å². The smallest absolute Gasteiger partial charge is 0.172 e. The normalized spacial score (nSPS) is 52.4. The first-order chi connectivity index (χ1) is 25.1. The van der Waals surface area contributed by atoms with Crippen molar-refractivity contribution in [2.45, 2.75) is 207 Å². The standard InChI is InChI=1S/C41H60O11/c1-6-23(42)17-33-35(44-5)28-16-24(43)15-26-8-10-30-36(47-26)40-39-38(49-30)37-34(50-39)19-41(51-37,52-40)12-11-27-14-21(3)29(45-27)9-7-25-13-20(2)22(4)31(46-25)18-32(28)48-33/h20,23,25-40,42H,3-4,6-19H2,1-2,5H3. The monoisotopic (exact) mass is 728 g/mol. The SMILES string of the molecule is C=C1CC2CCC34CC5OC6C(OC7CCC(CC(=O)CC8C(CC9OC(CCC1O2)CC(C)C9=C)OC(CC(O)CC)C8OC)OC7C6O3)C5O4. The topological polar surface area (TPSA) is 120 Å². The van der Waals surface area contributed by atoms with E-state index in [0.29, 0.717) is 50.9 Å². The molecule has 10 aliphatic rings. The minimum atomic E-state index is -0.772. The quantitative estimate of drug-likeness (QED) is 0.399. The molecule has 0 aromatic heterocycles. The Morgan fingerprint density at radius 3 is 2.37 bits per heavy atom. The lowest BCUT2D eigenvalue weighted by molar-refractivity contribution is -0.292. The van der Waals surface area contributed by atoms with E-state index >= 15 is 0 Å². The van der Waals surface area contributed by atoms with Crippen molar-refractivity contribution in [3.05, 3.63) is 24.3 Å². The average Bonchev–Trinajstić information content (AvgIpc) is 3.79. The van der Waals surface area contributed by atoms with Gasteiger partial charge in [0.05, 0.1) is 67.1 Å². The molecule has 0 aliphatic carbocycles. The molecule has 11 nitrogen and oxygen atoms in total. The number of aliphatic hydroxyl groups excluding tert-OH is 1. The number of hydrogen-bond donors (Lipinski definition) is 1. The minimum Gasteiger partial charge on any atom is -0.393 e. The number of fused-ring (bicyclic) bond motifs is 6. The summed E-state index contributed by atoms with van der Waals surface area (Å²) in [5, 5.41) is 10.7. The van der Waals surface area contributed by atoms with E-state index in [9.17, 15) is 9.90 Å². The summed E-state index contributed by atoms with van der Waals surface area (Å²) < 4.78 is 60.2. The van der Waals surface area contributed by atoms with Crippen LogP contribution in [0.4, 0.5) is 0 Å². The van der Waals surface area contributed by atoms with Crippen molar-refractivity contribution in [3.8, 4) is 0 Å². The number of ketones is 1. The van der Waals surface area contributed by atoms with Crippen LogP contribution in [-0.4, -0.2) is 121 Å². The highest BCUT2D eigenvalue weighted by Crippen LogP contribution is 2.54. The number of aliphatic hydroxyl groups is 1. The molecule has 1 spiro atoms. The van der Waals surface area contributed by atoms with Gasteiger partial charge in [-0.3, -0.25) is 4.79 Å². The highest BCUT2D eigenvalue weighted by molar-refractivity contribution is 5.79. The molecule has 52 heavy (non-hydrogen) atoms.